The van der Waals surface area contributed by atoms with Gasteiger partial charge in [-0.15, -0.1) is 0 Å². The van der Waals surface area contributed by atoms with Crippen LogP contribution in [0.2, 0.25) is 0 Å². The smallest absolute Gasteiger partial charge is 0.231 e. The van der Waals surface area contributed by atoms with Crippen LogP contribution in [0.15, 0.2) is 24.3 Å². The van der Waals surface area contributed by atoms with E-state index in [4.69, 9.17) is 10.00 Å². The predicted molar refractivity (Wildman–Crippen MR) is 104 cm³/mol. The number of methoxy groups -OCH3 is 1. The van der Waals surface area contributed by atoms with Gasteiger partial charge in [-0.1, -0.05) is 32.9 Å². The third kappa shape index (κ3) is 4.11. The number of carbonyl (C=O) groups excluding carboxylic acids is 1. The standard InChI is InChI=1S/C22H22F4N2O2/c1-21(2,3)22(4,10-12-6-8-13(30-5)9-7-12)20(29)28-19-17(25)15(23)14(11-27)16(24)18(19)26/h6-9H,10H2,1-5H3,(H,28,29). The first kappa shape index (κ1) is 23.2. The number of benzene rings is 2. The summed E-state index contributed by atoms with van der Waals surface area (Å²) in [6, 6.07) is 7.98. The highest BCUT2D eigenvalue weighted by Crippen LogP contribution is 2.43. The number of halogens is 4. The molecule has 0 aliphatic rings. The highest BCUT2D eigenvalue weighted by atomic mass is 19.2. The number of amides is 1. The van der Waals surface area contributed by atoms with E-state index >= 15 is 0 Å². The molecular weight excluding hydrogens is 400 g/mol. The van der Waals surface area contributed by atoms with Gasteiger partial charge >= 0.3 is 0 Å². The molecule has 1 unspecified atom stereocenters. The monoisotopic (exact) mass is 422 g/mol. The van der Waals surface area contributed by atoms with Crippen LogP contribution in [0.5, 0.6) is 5.75 Å². The summed E-state index contributed by atoms with van der Waals surface area (Å²) < 4.78 is 61.5. The summed E-state index contributed by atoms with van der Waals surface area (Å²) in [6.45, 7) is 6.90. The van der Waals surface area contributed by atoms with E-state index in [1.807, 2.05) is 5.32 Å². The van der Waals surface area contributed by atoms with Crippen LogP contribution in [0.1, 0.15) is 38.8 Å². The Morgan fingerprint density at radius 3 is 1.90 bits per heavy atom. The van der Waals surface area contributed by atoms with Crippen LogP contribution >= 0.6 is 0 Å². The van der Waals surface area contributed by atoms with Crippen molar-refractivity contribution in [1.29, 1.82) is 5.26 Å². The molecule has 8 heteroatoms. The number of nitrogens with zero attached hydrogens (tertiary/aromatic N) is 1. The summed E-state index contributed by atoms with van der Waals surface area (Å²) in [5.74, 6) is -7.60. The Morgan fingerprint density at radius 2 is 1.50 bits per heavy atom. The molecule has 2 rings (SSSR count). The molecule has 0 radical (unpaired) electrons. The second kappa shape index (κ2) is 8.34. The van der Waals surface area contributed by atoms with Gasteiger partial charge in [-0.05, 0) is 36.5 Å². The van der Waals surface area contributed by atoms with Gasteiger partial charge in [-0.3, -0.25) is 4.79 Å². The van der Waals surface area contributed by atoms with Crippen LogP contribution in [-0.4, -0.2) is 13.0 Å². The first-order chi connectivity index (χ1) is 13.9. The van der Waals surface area contributed by atoms with Crippen molar-refractivity contribution >= 4 is 11.6 Å². The second-order valence-electron chi connectivity index (χ2n) is 8.18. The zero-order valence-corrected chi connectivity index (χ0v) is 17.3. The highest BCUT2D eigenvalue weighted by molar-refractivity contribution is 5.96. The van der Waals surface area contributed by atoms with Crippen molar-refractivity contribution in [3.8, 4) is 11.8 Å². The number of carbonyl (C=O) groups is 1. The summed E-state index contributed by atoms with van der Waals surface area (Å²) in [7, 11) is 1.51. The minimum atomic E-state index is -1.86. The van der Waals surface area contributed by atoms with Crippen LogP contribution in [0.4, 0.5) is 23.2 Å². The van der Waals surface area contributed by atoms with Gasteiger partial charge in [0.05, 0.1) is 12.5 Å². The Bertz CT molecular complexity index is 979. The molecule has 0 aliphatic heterocycles. The van der Waals surface area contributed by atoms with Crippen molar-refractivity contribution in [2.75, 3.05) is 12.4 Å². The SMILES string of the molecule is COc1ccc(CC(C)(C(=O)Nc2c(F)c(F)c(C#N)c(F)c2F)C(C)(C)C)cc1. The normalized spacial score (nSPS) is 13.3. The van der Waals surface area contributed by atoms with Gasteiger partial charge in [0.25, 0.3) is 0 Å². The third-order valence-electron chi connectivity index (χ3n) is 5.49. The van der Waals surface area contributed by atoms with Gasteiger partial charge < -0.3 is 10.1 Å². The molecule has 2 aromatic rings. The van der Waals surface area contributed by atoms with Crippen LogP contribution in [0.3, 0.4) is 0 Å². The first-order valence-electron chi connectivity index (χ1n) is 9.07. The summed E-state index contributed by atoms with van der Waals surface area (Å²) in [4.78, 5) is 13.1. The molecule has 30 heavy (non-hydrogen) atoms. The molecule has 160 valence electrons. The van der Waals surface area contributed by atoms with E-state index in [1.54, 1.807) is 52.0 Å². The largest absolute Gasteiger partial charge is 0.497 e. The summed E-state index contributed by atoms with van der Waals surface area (Å²) in [6.07, 6.45) is 0.177. The number of rotatable bonds is 5. The minimum absolute atomic E-state index is 0.177. The molecule has 0 fully saturated rings. The molecule has 4 nitrogen and oxygen atoms in total. The van der Waals surface area contributed by atoms with Crippen LogP contribution in [0.25, 0.3) is 0 Å². The molecule has 0 heterocycles. The molecule has 1 atom stereocenters. The predicted octanol–water partition coefficient (Wildman–Crippen LogP) is 5.36. The van der Waals surface area contributed by atoms with E-state index in [0.29, 0.717) is 5.75 Å². The number of ether oxygens (including phenoxy) is 1. The van der Waals surface area contributed by atoms with Gasteiger partial charge in [0.2, 0.25) is 5.91 Å². The lowest BCUT2D eigenvalue weighted by Gasteiger charge is -2.40. The minimum Gasteiger partial charge on any atom is -0.497 e. The third-order valence-corrected chi connectivity index (χ3v) is 5.49. The molecule has 1 amide bonds. The Morgan fingerprint density at radius 1 is 1.00 bits per heavy atom. The van der Waals surface area contributed by atoms with E-state index in [2.05, 4.69) is 0 Å². The Labute approximate surface area is 172 Å². The molecule has 1 N–H and O–H groups in total. The fourth-order valence-electron chi connectivity index (χ4n) is 2.93. The average molecular weight is 422 g/mol. The quantitative estimate of drug-likeness (QED) is 0.521. The lowest BCUT2D eigenvalue weighted by atomic mass is 9.64. The van der Waals surface area contributed by atoms with E-state index in [9.17, 15) is 22.4 Å². The summed E-state index contributed by atoms with van der Waals surface area (Å²) in [5, 5.41) is 10.7. The molecule has 0 saturated carbocycles. The van der Waals surface area contributed by atoms with Gasteiger partial charge in [-0.25, -0.2) is 17.6 Å². The van der Waals surface area contributed by atoms with Crippen molar-refractivity contribution in [1.82, 2.24) is 0 Å². The lowest BCUT2D eigenvalue weighted by Crippen LogP contribution is -2.46. The number of nitrogens with one attached hydrogen (secondary N) is 1. The summed E-state index contributed by atoms with van der Waals surface area (Å²) >= 11 is 0. The van der Waals surface area contributed by atoms with Crippen molar-refractivity contribution in [3.05, 3.63) is 58.7 Å². The first-order valence-corrected chi connectivity index (χ1v) is 9.07. The molecule has 0 bridgehead atoms. The fraction of sp³-hybridized carbons (Fsp3) is 0.364. The molecular formula is C22H22F4N2O2. The molecule has 0 aliphatic carbocycles. The Balaban J connectivity index is 2.47. The van der Waals surface area contributed by atoms with Crippen LogP contribution in [-0.2, 0) is 11.2 Å². The van der Waals surface area contributed by atoms with Gasteiger partial charge in [-0.2, -0.15) is 5.26 Å². The van der Waals surface area contributed by atoms with E-state index in [0.717, 1.165) is 11.6 Å². The van der Waals surface area contributed by atoms with Crippen molar-refractivity contribution in [2.24, 2.45) is 10.8 Å². The molecule has 0 saturated heterocycles. The van der Waals surface area contributed by atoms with E-state index in [-0.39, 0.29) is 6.42 Å². The topological polar surface area (TPSA) is 62.1 Å². The number of nitriles is 1. The molecule has 2 aromatic carbocycles. The molecule has 0 spiro atoms. The number of hydrogen-bond donors (Lipinski definition) is 1. The Hall–Kier alpha value is -3.08. The van der Waals surface area contributed by atoms with Crippen molar-refractivity contribution in [2.45, 2.75) is 34.1 Å². The summed E-state index contributed by atoms with van der Waals surface area (Å²) in [5.41, 5.74) is -3.82. The van der Waals surface area contributed by atoms with E-state index in [1.165, 1.54) is 7.11 Å². The van der Waals surface area contributed by atoms with Crippen LogP contribution < -0.4 is 10.1 Å². The van der Waals surface area contributed by atoms with Crippen LogP contribution in [0, 0.1) is 45.4 Å². The van der Waals surface area contributed by atoms with Gasteiger partial charge in [0.1, 0.15) is 23.1 Å². The second-order valence-corrected chi connectivity index (χ2v) is 8.18. The number of hydrogen-bond acceptors (Lipinski definition) is 3. The zero-order chi connectivity index (χ0) is 22.9. The maximum absolute atomic E-state index is 14.3. The molecule has 0 aromatic heterocycles. The Kier molecular flexibility index (Phi) is 6.45. The van der Waals surface area contributed by atoms with Crippen molar-refractivity contribution < 1.29 is 27.1 Å². The number of anilines is 1. The maximum Gasteiger partial charge on any atom is 0.231 e. The fourth-order valence-corrected chi connectivity index (χ4v) is 2.93. The van der Waals surface area contributed by atoms with Crippen molar-refractivity contribution in [3.63, 3.8) is 0 Å². The lowest BCUT2D eigenvalue weighted by molar-refractivity contribution is -0.130. The maximum atomic E-state index is 14.3. The van der Waals surface area contributed by atoms with Gasteiger partial charge in [0, 0.05) is 0 Å². The zero-order valence-electron chi connectivity index (χ0n) is 17.3. The van der Waals surface area contributed by atoms with Gasteiger partial charge in [0.15, 0.2) is 23.3 Å². The highest BCUT2D eigenvalue weighted by Gasteiger charge is 2.45. The van der Waals surface area contributed by atoms with E-state index < -0.39 is 51.3 Å². The average Bonchev–Trinajstić information content (AvgIpc) is 2.69.